The van der Waals surface area contributed by atoms with Gasteiger partial charge in [-0.3, -0.25) is 0 Å². The van der Waals surface area contributed by atoms with Gasteiger partial charge in [0.1, 0.15) is 0 Å². The largest absolute Gasteiger partial charge is 0.0581 e. The van der Waals surface area contributed by atoms with Gasteiger partial charge in [-0.2, -0.15) is 0 Å². The van der Waals surface area contributed by atoms with Crippen LogP contribution in [0.2, 0.25) is 29.6 Å². The van der Waals surface area contributed by atoms with Gasteiger partial charge in [0.25, 0.3) is 0 Å². The predicted molar refractivity (Wildman–Crippen MR) is 625 cm³/mol. The molecule has 0 N–H and O–H groups in total. The van der Waals surface area contributed by atoms with Crippen LogP contribution in [0.15, 0.2) is 321 Å². The summed E-state index contributed by atoms with van der Waals surface area (Å²) in [6.07, 6.45) is 9.60. The van der Waals surface area contributed by atoms with E-state index in [0.717, 1.165) is 32.1 Å². The third-order valence-corrected chi connectivity index (χ3v) is 49.2. The molecular weight excluding hydrogens is 1950 g/mol. The van der Waals surface area contributed by atoms with E-state index in [9.17, 15) is 0 Å². The molecule has 0 saturated heterocycles. The molecule has 718 valence electrons. The minimum Gasteiger partial charge on any atom is -0.0581 e. The van der Waals surface area contributed by atoms with Crippen LogP contribution in [0.5, 0.6) is 0 Å². The van der Waals surface area contributed by atoms with E-state index in [1.807, 2.05) is 0 Å². The fraction of sp³-hybridized carbons (Fsp3) is 0.273. The van der Waals surface area contributed by atoms with Gasteiger partial charge in [0.05, 0.1) is 0 Å². The molecule has 0 atom stereocenters. The second-order valence-corrected chi connectivity index (χ2v) is 80.5. The van der Waals surface area contributed by atoms with E-state index in [2.05, 4.69) is 470 Å². The molecular formula is C143H138Sn2. The van der Waals surface area contributed by atoms with Crippen LogP contribution in [-0.4, -0.2) is 36.8 Å². The summed E-state index contributed by atoms with van der Waals surface area (Å²) in [5, 5.41) is 2.70. The van der Waals surface area contributed by atoms with Crippen LogP contribution in [-0.2, 0) is 74.4 Å². The first-order valence-corrected chi connectivity index (χ1v) is 73.4. The van der Waals surface area contributed by atoms with Crippen LogP contribution in [0, 0.1) is 0 Å². The van der Waals surface area contributed by atoms with Gasteiger partial charge in [0, 0.05) is 43.3 Å². The molecule has 11 aliphatic carbocycles. The summed E-state index contributed by atoms with van der Waals surface area (Å²) in [6.45, 7) is 43.5. The zero-order valence-corrected chi connectivity index (χ0v) is 94.8. The Labute approximate surface area is 871 Å². The average molecular weight is 2090 g/mol. The molecule has 0 radical (unpaired) electrons. The fourth-order valence-electron chi connectivity index (χ4n) is 28.8. The number of allylic oxidation sites excluding steroid dienone is 4. The van der Waals surface area contributed by atoms with Crippen molar-refractivity contribution >= 4 is 60.3 Å². The number of hydrogen-bond acceptors (Lipinski definition) is 0. The first-order valence-electron chi connectivity index (χ1n) is 53.4. The van der Waals surface area contributed by atoms with Gasteiger partial charge in [-0.25, -0.2) is 0 Å². The van der Waals surface area contributed by atoms with Gasteiger partial charge in [-0.05, 0) is 324 Å². The molecule has 0 aliphatic heterocycles. The molecule has 17 aromatic carbocycles. The molecule has 0 aromatic heterocycles. The van der Waals surface area contributed by atoms with Crippen molar-refractivity contribution in [1.82, 2.24) is 0 Å². The maximum absolute atomic E-state index is 2.55. The van der Waals surface area contributed by atoms with E-state index >= 15 is 0 Å². The van der Waals surface area contributed by atoms with Crippen molar-refractivity contribution in [2.75, 3.05) is 0 Å². The standard InChI is InChI=1S/C64H56.C57H48.C15H12.CH4.6CH3.2Sn/c1-61(2)53-29-37-9-17-45(53)46-18-10-38(30-54(46)61)26-40-12-20-48-50-22-14-42(34-58(50)63(5,6)56(48)32-40)28-44-16-24-52-51-23-15-43(35-59(51)64(7,8)60(52)36-44)27-41-13-21-49-47-19-11-39(25-37)31-55(47)62(3,4)57(49)33-41;1-54(2)45-14-10-9-12-37(45)39-21-16-33(27-48(39)54)35-19-24-42-51(29-35)56(5,6)47-25-20-36-30-52-44(31-43(36)53(42)47)41-23-18-34(28-50(41)57(52,7)8)32-17-22-40-38-13-11-15-46(38)55(3,4)49(40)26-32;1-15(2)13-9-5-3-7-11(13)12-8-4-6-10-14(12)15;;;;;;;;;/h9-24,29-36H,25-28H2,1-8H3;9-10,12-31H,11H2,1-8H3;3-4,7-10H,1-2H3;1H4;6*1H3;;. The fourth-order valence-corrected chi connectivity index (χ4v) is 35.5. The molecule has 145 heavy (non-hydrogen) atoms. The minimum absolute atomic E-state index is 0. The Morgan fingerprint density at radius 3 is 0.772 bits per heavy atom. The van der Waals surface area contributed by atoms with Crippen molar-refractivity contribution in [2.45, 2.75) is 243 Å². The third-order valence-electron chi connectivity index (χ3n) is 37.6. The number of rotatable bonds is 4. The van der Waals surface area contributed by atoms with E-state index in [4.69, 9.17) is 0 Å². The molecule has 0 spiro atoms. The Balaban J connectivity index is 0.000000125. The topological polar surface area (TPSA) is 0 Å². The van der Waals surface area contributed by atoms with Gasteiger partial charge < -0.3 is 0 Å². The molecule has 0 amide bonds. The second-order valence-electron chi connectivity index (χ2n) is 51.6. The van der Waals surface area contributed by atoms with Crippen LogP contribution in [0.3, 0.4) is 0 Å². The summed E-state index contributed by atoms with van der Waals surface area (Å²) in [5.41, 5.74) is 67.4. The van der Waals surface area contributed by atoms with Crippen LogP contribution in [0.25, 0.3) is 128 Å². The summed E-state index contributed by atoms with van der Waals surface area (Å²) < 4.78 is 3.29. The molecule has 0 saturated carbocycles. The summed E-state index contributed by atoms with van der Waals surface area (Å²) in [4.78, 5) is 15.1. The third kappa shape index (κ3) is 14.0. The second kappa shape index (κ2) is 31.8. The van der Waals surface area contributed by atoms with E-state index in [1.54, 1.807) is 18.3 Å². The number of benzene rings is 17. The monoisotopic (exact) mass is 2090 g/mol. The van der Waals surface area contributed by atoms with Crippen molar-refractivity contribution in [3.05, 3.63) is 466 Å². The summed E-state index contributed by atoms with van der Waals surface area (Å²) in [6, 6.07) is 121. The molecule has 0 unspecified atom stereocenters. The minimum atomic E-state index is -2.03. The van der Waals surface area contributed by atoms with Crippen LogP contribution >= 0.6 is 0 Å². The first kappa shape index (κ1) is 94.1. The first-order chi connectivity index (χ1) is 68.3. The van der Waals surface area contributed by atoms with Gasteiger partial charge in [-0.1, -0.05) is 361 Å². The molecule has 0 heterocycles. The molecule has 0 fully saturated rings. The summed E-state index contributed by atoms with van der Waals surface area (Å²) in [7, 11) is 0. The van der Waals surface area contributed by atoms with Crippen LogP contribution < -0.4 is 7.16 Å². The molecule has 0 nitrogen and oxygen atoms in total. The van der Waals surface area contributed by atoms with Crippen LogP contribution in [0.4, 0.5) is 0 Å². The Morgan fingerprint density at radius 2 is 0.434 bits per heavy atom. The predicted octanol–water partition coefficient (Wildman–Crippen LogP) is 36.4. The van der Waals surface area contributed by atoms with Gasteiger partial charge in [0.15, 0.2) is 0 Å². The SMILES string of the molecule is C.CC1(C)C2=CCC=C2c2ccc(-c3ccc4c(c3)C(C)(C)c3cc5ccc6c(c5cc3-4)-c3ccc(-c4ccc5c(c4)C(C)(C)c4ccccc4-5)cc3C6(C)C)cc21.CC1(C)c2c[c]([Sn]([CH3])([CH3])[CH3])ccc2-c2cc[c]([Sn]([CH3])([CH3])[CH3])cc21.CC1(C)c2cc3ccc2-c2ccc(cc21)Cc1ccc2c(c1)C(C)(C)c1cc(ccc1-2)Cc1ccc2c(c1)C(C)(C)c1cc(ccc1-2)Cc1ccc2c(c1)C(C)(C)c1cc(ccc1-2)C3. The van der Waals surface area contributed by atoms with Crippen LogP contribution in [0.1, 0.15) is 283 Å². The van der Waals surface area contributed by atoms with Crippen molar-refractivity contribution in [3.63, 3.8) is 0 Å². The van der Waals surface area contributed by atoms with E-state index in [1.165, 1.54) is 267 Å². The van der Waals surface area contributed by atoms with Crippen molar-refractivity contribution < 1.29 is 0 Å². The number of fused-ring (bicyclic) bond motifs is 29. The normalized spacial score (nSPS) is 17.6. The van der Waals surface area contributed by atoms with E-state index in [-0.39, 0.29) is 56.2 Å². The Morgan fingerprint density at radius 1 is 0.186 bits per heavy atom. The molecule has 28 rings (SSSR count). The van der Waals surface area contributed by atoms with Crippen molar-refractivity contribution in [2.24, 2.45) is 0 Å². The van der Waals surface area contributed by atoms with Crippen molar-refractivity contribution in [1.29, 1.82) is 0 Å². The molecule has 2 heteroatoms. The van der Waals surface area contributed by atoms with Crippen molar-refractivity contribution in [3.8, 4) is 111 Å². The quantitative estimate of drug-likeness (QED) is 0.154. The average Bonchev–Trinajstić information content (AvgIpc) is 1.54. The molecule has 11 aliphatic rings. The zero-order chi connectivity index (χ0) is 99.8. The maximum atomic E-state index is 2.55. The number of hydrogen-bond donors (Lipinski definition) is 0. The zero-order valence-electron chi connectivity index (χ0n) is 89.1. The smallest absolute Gasteiger partial charge is 0.0159 e. The Kier molecular flexibility index (Phi) is 20.6. The summed E-state index contributed by atoms with van der Waals surface area (Å²) >= 11 is -4.05. The van der Waals surface area contributed by atoms with Gasteiger partial charge >= 0.3 is 151 Å². The van der Waals surface area contributed by atoms with E-state index < -0.39 is 36.8 Å². The van der Waals surface area contributed by atoms with Gasteiger partial charge in [0.2, 0.25) is 0 Å². The molecule has 16 bridgehead atoms. The van der Waals surface area contributed by atoms with E-state index in [0.29, 0.717) is 0 Å². The van der Waals surface area contributed by atoms with Gasteiger partial charge in [-0.15, -0.1) is 0 Å². The summed E-state index contributed by atoms with van der Waals surface area (Å²) in [5.74, 6) is 0. The Hall–Kier alpha value is -11.9. The molecule has 17 aromatic rings. The maximum Gasteiger partial charge on any atom is 0.0159 e. The Bertz CT molecular complexity index is 7940.